The number of piperidine rings is 1. The Morgan fingerprint density at radius 1 is 1.06 bits per heavy atom. The van der Waals surface area contributed by atoms with Crippen molar-refractivity contribution in [1.82, 2.24) is 4.90 Å². The Morgan fingerprint density at radius 3 is 2.25 bits per heavy atom. The van der Waals surface area contributed by atoms with Crippen LogP contribution in [-0.2, 0) is 0 Å². The van der Waals surface area contributed by atoms with Crippen molar-refractivity contribution in [2.75, 3.05) is 13.1 Å². The van der Waals surface area contributed by atoms with Crippen LogP contribution in [0.15, 0.2) is 0 Å². The van der Waals surface area contributed by atoms with Gasteiger partial charge in [0.1, 0.15) is 0 Å². The second-order valence-corrected chi connectivity index (χ2v) is 5.56. The maximum absolute atomic E-state index is 8.33. The predicted molar refractivity (Wildman–Crippen MR) is 68.9 cm³/mol. The molecule has 0 spiro atoms. The lowest BCUT2D eigenvalue weighted by Gasteiger charge is -2.36. The zero-order valence-electron chi connectivity index (χ0n) is 10.7. The lowest BCUT2D eigenvalue weighted by molar-refractivity contribution is 0.274. The van der Waals surface area contributed by atoms with Crippen molar-refractivity contribution < 1.29 is 0 Å². The van der Waals surface area contributed by atoms with Gasteiger partial charge >= 0.3 is 0 Å². The van der Waals surface area contributed by atoms with E-state index in [1.807, 2.05) is 0 Å². The molecule has 92 valence electrons. The molecule has 2 rings (SSSR count). The van der Waals surface area contributed by atoms with Crippen LogP contribution in [0, 0.1) is 17.2 Å². The van der Waals surface area contributed by atoms with Crippen LogP contribution in [0.4, 0.5) is 0 Å². The van der Waals surface area contributed by atoms with Crippen LogP contribution in [0.2, 0.25) is 0 Å². The third-order valence-corrected chi connectivity index (χ3v) is 4.51. The second-order valence-electron chi connectivity index (χ2n) is 5.56. The molecule has 0 radical (unpaired) electrons. The van der Waals surface area contributed by atoms with Gasteiger partial charge in [0.15, 0.2) is 0 Å². The molecule has 16 heavy (non-hydrogen) atoms. The molecule has 0 amide bonds. The summed E-state index contributed by atoms with van der Waals surface area (Å²) in [4.78, 5) is 2.35. The van der Waals surface area contributed by atoms with E-state index in [4.69, 9.17) is 5.41 Å². The molecule has 1 saturated carbocycles. The Kier molecular flexibility index (Phi) is 4.25. The molecule has 2 nitrogen and oxygen atoms in total. The van der Waals surface area contributed by atoms with Gasteiger partial charge in [0.05, 0.1) is 5.84 Å². The van der Waals surface area contributed by atoms with Gasteiger partial charge in [-0.3, -0.25) is 5.41 Å². The Morgan fingerprint density at radius 2 is 1.69 bits per heavy atom. The van der Waals surface area contributed by atoms with Crippen LogP contribution in [-0.4, -0.2) is 23.8 Å². The van der Waals surface area contributed by atoms with Gasteiger partial charge in [-0.1, -0.05) is 13.3 Å². The first-order valence-corrected chi connectivity index (χ1v) is 7.14. The molecule has 0 unspecified atom stereocenters. The van der Waals surface area contributed by atoms with Gasteiger partial charge in [-0.25, -0.2) is 0 Å². The summed E-state index contributed by atoms with van der Waals surface area (Å²) in [6.45, 7) is 4.60. The Hall–Kier alpha value is -0.530. The fourth-order valence-corrected chi connectivity index (χ4v) is 3.24. The van der Waals surface area contributed by atoms with Crippen LogP contribution in [0.1, 0.15) is 58.3 Å². The topological polar surface area (TPSA) is 27.1 Å². The van der Waals surface area contributed by atoms with Crippen LogP contribution >= 0.6 is 0 Å². The number of hydrogen-bond acceptors (Lipinski definition) is 1. The van der Waals surface area contributed by atoms with E-state index in [1.54, 1.807) is 0 Å². The Balaban J connectivity index is 1.81. The number of nitrogens with zero attached hydrogens (tertiary/aromatic N) is 1. The summed E-state index contributed by atoms with van der Waals surface area (Å²) in [6, 6.07) is 0. The highest BCUT2D eigenvalue weighted by Crippen LogP contribution is 2.32. The van der Waals surface area contributed by atoms with E-state index in [0.717, 1.165) is 24.8 Å². The Bertz CT molecular complexity index is 223. The molecule has 1 heterocycles. The number of rotatable bonds is 2. The molecular formula is C14H26N2. The van der Waals surface area contributed by atoms with Crippen LogP contribution in [0.3, 0.4) is 0 Å². The highest BCUT2D eigenvalue weighted by Gasteiger charge is 2.26. The molecule has 0 aromatic rings. The Labute approximate surface area is 99.9 Å². The van der Waals surface area contributed by atoms with Crippen molar-refractivity contribution in [2.24, 2.45) is 11.8 Å². The summed E-state index contributed by atoms with van der Waals surface area (Å²) in [7, 11) is 0. The summed E-state index contributed by atoms with van der Waals surface area (Å²) < 4.78 is 0. The van der Waals surface area contributed by atoms with Crippen molar-refractivity contribution in [3.63, 3.8) is 0 Å². The molecule has 1 saturated heterocycles. The molecule has 0 bridgehead atoms. The molecule has 0 aromatic heterocycles. The molecule has 0 atom stereocenters. The smallest absolute Gasteiger partial charge is 0.0989 e. The lowest BCUT2D eigenvalue weighted by atomic mass is 9.80. The highest BCUT2D eigenvalue weighted by molar-refractivity contribution is 5.81. The molecule has 1 aliphatic carbocycles. The van der Waals surface area contributed by atoms with Crippen LogP contribution < -0.4 is 0 Å². The maximum atomic E-state index is 8.33. The van der Waals surface area contributed by atoms with E-state index in [9.17, 15) is 0 Å². The van der Waals surface area contributed by atoms with Crippen molar-refractivity contribution in [1.29, 1.82) is 5.41 Å². The highest BCUT2D eigenvalue weighted by atomic mass is 15.2. The van der Waals surface area contributed by atoms with Crippen molar-refractivity contribution >= 4 is 5.84 Å². The minimum Gasteiger partial charge on any atom is -0.360 e. The quantitative estimate of drug-likeness (QED) is 0.560. The SMILES string of the molecule is CCC1CCC(C(=N)N2CCCCC2)CC1. The minimum absolute atomic E-state index is 0.584. The summed E-state index contributed by atoms with van der Waals surface area (Å²) in [5, 5.41) is 8.33. The molecule has 2 fully saturated rings. The average molecular weight is 222 g/mol. The summed E-state index contributed by atoms with van der Waals surface area (Å²) >= 11 is 0. The summed E-state index contributed by atoms with van der Waals surface area (Å²) in [6.07, 6.45) is 10.6. The van der Waals surface area contributed by atoms with Gasteiger partial charge in [-0.05, 0) is 50.9 Å². The fourth-order valence-electron chi connectivity index (χ4n) is 3.24. The van der Waals surface area contributed by atoms with Crippen molar-refractivity contribution in [2.45, 2.75) is 58.3 Å². The first kappa shape index (κ1) is 11.9. The average Bonchev–Trinajstić information content (AvgIpc) is 2.39. The van der Waals surface area contributed by atoms with Gasteiger partial charge in [0, 0.05) is 19.0 Å². The molecule has 1 aliphatic heterocycles. The molecule has 0 aromatic carbocycles. The predicted octanol–water partition coefficient (Wildman–Crippen LogP) is 3.67. The minimum atomic E-state index is 0.584. The maximum Gasteiger partial charge on any atom is 0.0989 e. The molecule has 2 heteroatoms. The molecule has 2 aliphatic rings. The third kappa shape index (κ3) is 2.78. The lowest BCUT2D eigenvalue weighted by Crippen LogP contribution is -2.40. The summed E-state index contributed by atoms with van der Waals surface area (Å²) in [5.74, 6) is 2.50. The number of hydrogen-bond donors (Lipinski definition) is 1. The van der Waals surface area contributed by atoms with Gasteiger partial charge in [0.25, 0.3) is 0 Å². The monoisotopic (exact) mass is 222 g/mol. The van der Waals surface area contributed by atoms with Crippen molar-refractivity contribution in [3.8, 4) is 0 Å². The van der Waals surface area contributed by atoms with Gasteiger partial charge < -0.3 is 4.90 Å². The normalized spacial score (nSPS) is 31.4. The first-order chi connectivity index (χ1) is 7.81. The number of likely N-dealkylation sites (tertiary alicyclic amines) is 1. The van der Waals surface area contributed by atoms with E-state index in [-0.39, 0.29) is 0 Å². The van der Waals surface area contributed by atoms with E-state index in [0.29, 0.717) is 5.92 Å². The largest absolute Gasteiger partial charge is 0.360 e. The molecular weight excluding hydrogens is 196 g/mol. The third-order valence-electron chi connectivity index (χ3n) is 4.51. The van der Waals surface area contributed by atoms with Crippen molar-refractivity contribution in [3.05, 3.63) is 0 Å². The van der Waals surface area contributed by atoms with Gasteiger partial charge in [0.2, 0.25) is 0 Å². The zero-order valence-corrected chi connectivity index (χ0v) is 10.7. The van der Waals surface area contributed by atoms with Gasteiger partial charge in [-0.15, -0.1) is 0 Å². The standard InChI is InChI=1S/C14H26N2/c1-2-12-6-8-13(9-7-12)14(15)16-10-4-3-5-11-16/h12-13,15H,2-11H2,1H3. The zero-order chi connectivity index (χ0) is 11.4. The van der Waals surface area contributed by atoms with E-state index in [1.165, 1.54) is 51.4 Å². The van der Waals surface area contributed by atoms with E-state index < -0.39 is 0 Å². The summed E-state index contributed by atoms with van der Waals surface area (Å²) in [5.41, 5.74) is 0. The van der Waals surface area contributed by atoms with Gasteiger partial charge in [-0.2, -0.15) is 0 Å². The van der Waals surface area contributed by atoms with Crippen LogP contribution in [0.5, 0.6) is 0 Å². The fraction of sp³-hybridized carbons (Fsp3) is 0.929. The second kappa shape index (κ2) is 5.70. The first-order valence-electron chi connectivity index (χ1n) is 7.14. The number of nitrogens with one attached hydrogen (secondary N) is 1. The van der Waals surface area contributed by atoms with E-state index in [2.05, 4.69) is 11.8 Å². The van der Waals surface area contributed by atoms with E-state index >= 15 is 0 Å². The van der Waals surface area contributed by atoms with Crippen LogP contribution in [0.25, 0.3) is 0 Å². The molecule has 1 N–H and O–H groups in total. The number of amidine groups is 1.